The van der Waals surface area contributed by atoms with Crippen LogP contribution in [0.2, 0.25) is 0 Å². The van der Waals surface area contributed by atoms with Crippen LogP contribution in [-0.4, -0.2) is 61.6 Å². The molecule has 1 N–H and O–H groups in total. The zero-order valence-corrected chi connectivity index (χ0v) is 11.7. The second-order valence-corrected chi connectivity index (χ2v) is 4.78. The number of halogens is 1. The van der Waals surface area contributed by atoms with Gasteiger partial charge in [0.05, 0.1) is 26.1 Å². The highest BCUT2D eigenvalue weighted by Crippen LogP contribution is 2.19. The largest absolute Gasteiger partial charge is 0.469 e. The van der Waals surface area contributed by atoms with Gasteiger partial charge in [-0.1, -0.05) is 0 Å². The summed E-state index contributed by atoms with van der Waals surface area (Å²) in [5, 5.41) is 2.84. The first-order valence-electron chi connectivity index (χ1n) is 5.27. The van der Waals surface area contributed by atoms with Gasteiger partial charge < -0.3 is 15.0 Å². The Morgan fingerprint density at radius 2 is 2.24 bits per heavy atom. The van der Waals surface area contributed by atoms with Crippen LogP contribution < -0.4 is 5.32 Å². The highest BCUT2D eigenvalue weighted by atomic mass is 35.5. The van der Waals surface area contributed by atoms with Crippen molar-refractivity contribution in [3.63, 3.8) is 0 Å². The van der Waals surface area contributed by atoms with Gasteiger partial charge >= 0.3 is 5.97 Å². The van der Waals surface area contributed by atoms with Crippen molar-refractivity contribution in [2.75, 3.05) is 38.8 Å². The normalized spacial score (nSPS) is 19.4. The second-order valence-electron chi connectivity index (χ2n) is 3.63. The smallest absolute Gasteiger partial charge is 0.307 e. The van der Waals surface area contributed by atoms with Crippen molar-refractivity contribution in [3.8, 4) is 0 Å². The molecule has 1 amide bonds. The lowest BCUT2D eigenvalue weighted by Crippen LogP contribution is -2.49. The molecule has 1 aliphatic rings. The van der Waals surface area contributed by atoms with Crippen LogP contribution in [0.5, 0.6) is 0 Å². The third kappa shape index (κ3) is 5.14. The van der Waals surface area contributed by atoms with Crippen molar-refractivity contribution in [3.05, 3.63) is 0 Å². The quantitative estimate of drug-likeness (QED) is 0.743. The van der Waals surface area contributed by atoms with Crippen LogP contribution in [0.25, 0.3) is 0 Å². The lowest BCUT2D eigenvalue weighted by atomic mass is 10.2. The summed E-state index contributed by atoms with van der Waals surface area (Å²) in [6.07, 6.45) is 0.291. The molecule has 0 radical (unpaired) electrons. The summed E-state index contributed by atoms with van der Waals surface area (Å²) in [5.74, 6) is 1.55. The van der Waals surface area contributed by atoms with Gasteiger partial charge in [-0.05, 0) is 7.05 Å². The summed E-state index contributed by atoms with van der Waals surface area (Å²) in [7, 11) is 3.12. The van der Waals surface area contributed by atoms with Gasteiger partial charge in [0, 0.05) is 18.1 Å². The van der Waals surface area contributed by atoms with Crippen molar-refractivity contribution in [1.82, 2.24) is 10.2 Å². The number of ether oxygens (including phenoxy) is 1. The van der Waals surface area contributed by atoms with Crippen LogP contribution in [0, 0.1) is 0 Å². The summed E-state index contributed by atoms with van der Waals surface area (Å²) < 4.78 is 4.64. The van der Waals surface area contributed by atoms with Crippen LogP contribution in [0.3, 0.4) is 0 Å². The summed E-state index contributed by atoms with van der Waals surface area (Å²) in [6, 6.07) is -0.0213. The molecule has 0 aromatic heterocycles. The van der Waals surface area contributed by atoms with E-state index >= 15 is 0 Å². The number of carbonyl (C=O) groups excluding carboxylic acids is 2. The number of rotatable bonds is 4. The fourth-order valence-electron chi connectivity index (χ4n) is 1.68. The summed E-state index contributed by atoms with van der Waals surface area (Å²) in [4.78, 5) is 24.8. The number of nitrogens with one attached hydrogen (secondary N) is 1. The molecule has 0 aromatic rings. The van der Waals surface area contributed by atoms with Crippen LogP contribution in [0.1, 0.15) is 6.42 Å². The molecule has 0 aliphatic carbocycles. The molecule has 0 bridgehead atoms. The maximum Gasteiger partial charge on any atom is 0.307 e. The highest BCUT2D eigenvalue weighted by molar-refractivity contribution is 7.99. The molecule has 0 aromatic carbocycles. The molecule has 5 nitrogen and oxygen atoms in total. The Morgan fingerprint density at radius 3 is 2.82 bits per heavy atom. The SMILES string of the molecule is CNCC(=O)N1CCSCC1CC(=O)OC.Cl. The maximum atomic E-state index is 11.8. The Kier molecular flexibility index (Phi) is 8.37. The van der Waals surface area contributed by atoms with E-state index in [1.54, 1.807) is 23.7 Å². The molecule has 0 spiro atoms. The van der Waals surface area contributed by atoms with E-state index in [9.17, 15) is 9.59 Å². The van der Waals surface area contributed by atoms with Gasteiger partial charge in [0.1, 0.15) is 0 Å². The number of hydrogen-bond donors (Lipinski definition) is 1. The Morgan fingerprint density at radius 1 is 1.53 bits per heavy atom. The van der Waals surface area contributed by atoms with Crippen molar-refractivity contribution < 1.29 is 14.3 Å². The minimum absolute atomic E-state index is 0. The number of carbonyl (C=O) groups is 2. The Bertz CT molecular complexity index is 266. The van der Waals surface area contributed by atoms with E-state index < -0.39 is 0 Å². The molecule has 1 fully saturated rings. The average Bonchev–Trinajstić information content (AvgIpc) is 2.30. The first-order chi connectivity index (χ1) is 7.69. The molecule has 1 aliphatic heterocycles. The molecule has 1 rings (SSSR count). The highest BCUT2D eigenvalue weighted by Gasteiger charge is 2.28. The number of likely N-dealkylation sites (N-methyl/N-ethyl adjacent to an activating group) is 1. The number of esters is 1. The predicted octanol–water partition coefficient (Wildman–Crippen LogP) is 0.135. The van der Waals surface area contributed by atoms with Crippen molar-refractivity contribution in [1.29, 1.82) is 0 Å². The van der Waals surface area contributed by atoms with Gasteiger partial charge in [0.25, 0.3) is 0 Å². The van der Waals surface area contributed by atoms with Crippen molar-refractivity contribution >= 4 is 36.0 Å². The van der Waals surface area contributed by atoms with Gasteiger partial charge in [0.15, 0.2) is 0 Å². The van der Waals surface area contributed by atoms with E-state index in [0.29, 0.717) is 19.5 Å². The summed E-state index contributed by atoms with van der Waals surface area (Å²) in [6.45, 7) is 1.04. The Balaban J connectivity index is 0.00000256. The van der Waals surface area contributed by atoms with Gasteiger partial charge in [-0.2, -0.15) is 11.8 Å². The predicted molar refractivity (Wildman–Crippen MR) is 70.6 cm³/mol. The van der Waals surface area contributed by atoms with E-state index in [1.165, 1.54) is 7.11 Å². The van der Waals surface area contributed by atoms with Crippen molar-refractivity contribution in [2.45, 2.75) is 12.5 Å². The first kappa shape index (κ1) is 16.5. The average molecular weight is 283 g/mol. The first-order valence-corrected chi connectivity index (χ1v) is 6.43. The van der Waals surface area contributed by atoms with E-state index in [2.05, 4.69) is 10.1 Å². The third-order valence-electron chi connectivity index (χ3n) is 2.51. The monoisotopic (exact) mass is 282 g/mol. The number of thioether (sulfide) groups is 1. The van der Waals surface area contributed by atoms with Crippen molar-refractivity contribution in [2.24, 2.45) is 0 Å². The molecule has 0 saturated carbocycles. The van der Waals surface area contributed by atoms with E-state index in [-0.39, 0.29) is 30.3 Å². The fraction of sp³-hybridized carbons (Fsp3) is 0.800. The van der Waals surface area contributed by atoms with E-state index in [1.807, 2.05) is 0 Å². The Hall–Kier alpha value is -0.460. The lowest BCUT2D eigenvalue weighted by molar-refractivity contribution is -0.143. The molecule has 100 valence electrons. The topological polar surface area (TPSA) is 58.6 Å². The molecule has 1 atom stereocenters. The molecule has 1 saturated heterocycles. The minimum Gasteiger partial charge on any atom is -0.469 e. The molecular weight excluding hydrogens is 264 g/mol. The number of amides is 1. The van der Waals surface area contributed by atoms with Gasteiger partial charge in [-0.3, -0.25) is 9.59 Å². The number of nitrogens with zero attached hydrogens (tertiary/aromatic N) is 1. The molecule has 1 heterocycles. The zero-order chi connectivity index (χ0) is 12.0. The number of methoxy groups -OCH3 is 1. The van der Waals surface area contributed by atoms with Crippen LogP contribution in [0.15, 0.2) is 0 Å². The molecular formula is C10H19ClN2O3S. The van der Waals surface area contributed by atoms with Crippen LogP contribution >= 0.6 is 24.2 Å². The fourth-order valence-corrected chi connectivity index (χ4v) is 2.74. The van der Waals surface area contributed by atoms with Gasteiger partial charge in [-0.15, -0.1) is 12.4 Å². The summed E-state index contributed by atoms with van der Waals surface area (Å²) >= 11 is 1.77. The van der Waals surface area contributed by atoms with Gasteiger partial charge in [-0.25, -0.2) is 0 Å². The lowest BCUT2D eigenvalue weighted by Gasteiger charge is -2.34. The minimum atomic E-state index is -0.255. The molecule has 17 heavy (non-hydrogen) atoms. The second kappa shape index (κ2) is 8.60. The third-order valence-corrected chi connectivity index (χ3v) is 3.60. The molecule has 1 unspecified atom stereocenters. The molecule has 7 heteroatoms. The Labute approximate surface area is 112 Å². The van der Waals surface area contributed by atoms with E-state index in [4.69, 9.17) is 0 Å². The maximum absolute atomic E-state index is 11.8. The van der Waals surface area contributed by atoms with Gasteiger partial charge in [0.2, 0.25) is 5.91 Å². The number of hydrogen-bond acceptors (Lipinski definition) is 5. The van der Waals surface area contributed by atoms with Crippen LogP contribution in [0.4, 0.5) is 0 Å². The summed E-state index contributed by atoms with van der Waals surface area (Å²) in [5.41, 5.74) is 0. The van der Waals surface area contributed by atoms with E-state index in [0.717, 1.165) is 11.5 Å². The zero-order valence-electron chi connectivity index (χ0n) is 10.1. The van der Waals surface area contributed by atoms with Crippen LogP contribution in [-0.2, 0) is 14.3 Å². The standard InChI is InChI=1S/C10H18N2O3S.ClH/c1-11-6-9(13)12-3-4-16-7-8(12)5-10(14)15-2;/h8,11H,3-7H2,1-2H3;1H.